The molecule has 9 heteroatoms. The van der Waals surface area contributed by atoms with Gasteiger partial charge < -0.3 is 19.5 Å². The molecular weight excluding hydrogens is 412 g/mol. The number of hydrogen-bond donors (Lipinski definition) is 1. The number of furan rings is 1. The number of hydrogen-bond acceptors (Lipinski definition) is 7. The number of benzene rings is 1. The fourth-order valence-electron chi connectivity index (χ4n) is 3.75. The second-order valence-electron chi connectivity index (χ2n) is 7.30. The molecule has 0 atom stereocenters. The summed E-state index contributed by atoms with van der Waals surface area (Å²) in [7, 11) is 0. The largest absolute Gasteiger partial charge is 0.461 e. The normalized spacial score (nSPS) is 14.7. The number of carbonyl (C=O) groups is 1. The van der Waals surface area contributed by atoms with Crippen LogP contribution in [0.1, 0.15) is 13.8 Å². The first-order valence-electron chi connectivity index (χ1n) is 10.7. The summed E-state index contributed by atoms with van der Waals surface area (Å²) >= 11 is 1.38. The molecule has 0 aliphatic carbocycles. The van der Waals surface area contributed by atoms with Crippen LogP contribution >= 0.6 is 11.8 Å². The first-order chi connectivity index (χ1) is 15.2. The van der Waals surface area contributed by atoms with E-state index in [4.69, 9.17) is 4.42 Å². The summed E-state index contributed by atoms with van der Waals surface area (Å²) in [6.07, 6.45) is 1.61. The predicted octanol–water partition coefficient (Wildman–Crippen LogP) is 3.43. The third kappa shape index (κ3) is 4.94. The van der Waals surface area contributed by atoms with Crippen molar-refractivity contribution >= 4 is 29.0 Å². The first kappa shape index (κ1) is 21.5. The third-order valence-corrected chi connectivity index (χ3v) is 6.41. The molecule has 4 rings (SSSR count). The van der Waals surface area contributed by atoms with Crippen LogP contribution in [0.3, 0.4) is 0 Å². The van der Waals surface area contributed by atoms with Crippen molar-refractivity contribution in [1.29, 1.82) is 0 Å². The standard InChI is InChI=1S/C22H28N6O2S/c1-3-26-11-13-27(14-12-26)18-9-6-5-8-17(18)23-20(29)16-31-22-25-24-21(28(22)4-2)19-10-7-15-30-19/h5-10,15H,3-4,11-14,16H2,1-2H3,(H,23,29). The Balaban J connectivity index is 1.39. The van der Waals surface area contributed by atoms with Crippen molar-refractivity contribution in [3.8, 4) is 11.6 Å². The van der Waals surface area contributed by atoms with E-state index < -0.39 is 0 Å². The van der Waals surface area contributed by atoms with Gasteiger partial charge in [0, 0.05) is 32.7 Å². The highest BCUT2D eigenvalue weighted by Crippen LogP contribution is 2.28. The number of aromatic nitrogens is 3. The number of rotatable bonds is 8. The van der Waals surface area contributed by atoms with Crippen LogP contribution in [0.4, 0.5) is 11.4 Å². The molecular formula is C22H28N6O2S. The van der Waals surface area contributed by atoms with Gasteiger partial charge in [0.15, 0.2) is 16.7 Å². The van der Waals surface area contributed by atoms with Gasteiger partial charge in [-0.1, -0.05) is 30.8 Å². The minimum atomic E-state index is -0.0603. The van der Waals surface area contributed by atoms with Gasteiger partial charge in [0.25, 0.3) is 0 Å². The molecule has 3 heterocycles. The van der Waals surface area contributed by atoms with Gasteiger partial charge in [0.2, 0.25) is 5.91 Å². The minimum Gasteiger partial charge on any atom is -0.461 e. The minimum absolute atomic E-state index is 0.0603. The monoisotopic (exact) mass is 440 g/mol. The van der Waals surface area contributed by atoms with E-state index in [2.05, 4.69) is 38.3 Å². The maximum Gasteiger partial charge on any atom is 0.234 e. The van der Waals surface area contributed by atoms with Crippen molar-refractivity contribution in [1.82, 2.24) is 19.7 Å². The lowest BCUT2D eigenvalue weighted by atomic mass is 10.2. The molecule has 1 aromatic carbocycles. The second kappa shape index (κ2) is 10.0. The van der Waals surface area contributed by atoms with E-state index in [0.29, 0.717) is 23.3 Å². The Morgan fingerprint density at radius 1 is 1.06 bits per heavy atom. The number of anilines is 2. The van der Waals surface area contributed by atoms with Gasteiger partial charge in [0.05, 0.1) is 23.4 Å². The summed E-state index contributed by atoms with van der Waals surface area (Å²) in [6.45, 7) is 9.99. The summed E-state index contributed by atoms with van der Waals surface area (Å²) in [5.41, 5.74) is 1.93. The van der Waals surface area contributed by atoms with E-state index in [9.17, 15) is 4.79 Å². The Bertz CT molecular complexity index is 995. The van der Waals surface area contributed by atoms with Gasteiger partial charge in [-0.15, -0.1) is 10.2 Å². The van der Waals surface area contributed by atoms with Gasteiger partial charge in [-0.25, -0.2) is 0 Å². The molecule has 2 aromatic heterocycles. The fourth-order valence-corrected chi connectivity index (χ4v) is 4.55. The van der Waals surface area contributed by atoms with Crippen molar-refractivity contribution in [3.63, 3.8) is 0 Å². The maximum absolute atomic E-state index is 12.7. The first-order valence-corrected chi connectivity index (χ1v) is 11.6. The lowest BCUT2D eigenvalue weighted by Gasteiger charge is -2.36. The molecule has 1 fully saturated rings. The Morgan fingerprint density at radius 3 is 2.58 bits per heavy atom. The Kier molecular flexibility index (Phi) is 6.93. The summed E-state index contributed by atoms with van der Waals surface area (Å²) in [4.78, 5) is 17.5. The fraction of sp³-hybridized carbons (Fsp3) is 0.409. The Morgan fingerprint density at radius 2 is 1.87 bits per heavy atom. The average Bonchev–Trinajstić information content (AvgIpc) is 3.47. The topological polar surface area (TPSA) is 79.4 Å². The summed E-state index contributed by atoms with van der Waals surface area (Å²) in [5.74, 6) is 1.54. The molecule has 0 saturated carbocycles. The number of amides is 1. The SMILES string of the molecule is CCN1CCN(c2ccccc2NC(=O)CSc2nnc(-c3ccco3)n2CC)CC1. The van der Waals surface area contributed by atoms with E-state index in [-0.39, 0.29) is 11.7 Å². The molecule has 31 heavy (non-hydrogen) atoms. The third-order valence-electron chi connectivity index (χ3n) is 5.45. The van der Waals surface area contributed by atoms with Crippen molar-refractivity contribution in [2.75, 3.05) is 48.7 Å². The number of nitrogens with zero attached hydrogens (tertiary/aromatic N) is 5. The van der Waals surface area contributed by atoms with Crippen molar-refractivity contribution < 1.29 is 9.21 Å². The van der Waals surface area contributed by atoms with Crippen LogP contribution in [0, 0.1) is 0 Å². The molecule has 0 radical (unpaired) electrons. The lowest BCUT2D eigenvalue weighted by molar-refractivity contribution is -0.113. The Labute approximate surface area is 186 Å². The number of piperazine rings is 1. The molecule has 1 aliphatic rings. The molecule has 0 unspecified atom stereocenters. The van der Waals surface area contributed by atoms with E-state index >= 15 is 0 Å². The molecule has 3 aromatic rings. The number of thioether (sulfide) groups is 1. The number of likely N-dealkylation sites (N-methyl/N-ethyl adjacent to an activating group) is 1. The van der Waals surface area contributed by atoms with Gasteiger partial charge in [0.1, 0.15) is 0 Å². The molecule has 1 aliphatic heterocycles. The van der Waals surface area contributed by atoms with Crippen LogP contribution in [0.5, 0.6) is 0 Å². The van der Waals surface area contributed by atoms with Crippen LogP contribution in [0.2, 0.25) is 0 Å². The van der Waals surface area contributed by atoms with Gasteiger partial charge in [-0.2, -0.15) is 0 Å². The lowest BCUT2D eigenvalue weighted by Crippen LogP contribution is -2.46. The zero-order valence-electron chi connectivity index (χ0n) is 18.0. The number of para-hydroxylation sites is 2. The Hall–Kier alpha value is -2.78. The molecule has 164 valence electrons. The van der Waals surface area contributed by atoms with Crippen molar-refractivity contribution in [2.24, 2.45) is 0 Å². The molecule has 0 bridgehead atoms. The van der Waals surface area contributed by atoms with Crippen LogP contribution in [0.15, 0.2) is 52.2 Å². The van der Waals surface area contributed by atoms with Gasteiger partial charge in [-0.3, -0.25) is 9.36 Å². The molecule has 8 nitrogen and oxygen atoms in total. The zero-order chi connectivity index (χ0) is 21.6. The molecule has 1 amide bonds. The molecule has 0 spiro atoms. The highest BCUT2D eigenvalue weighted by molar-refractivity contribution is 7.99. The number of nitrogens with one attached hydrogen (secondary N) is 1. The number of carbonyl (C=O) groups excluding carboxylic acids is 1. The zero-order valence-corrected chi connectivity index (χ0v) is 18.8. The second-order valence-corrected chi connectivity index (χ2v) is 8.25. The summed E-state index contributed by atoms with van der Waals surface area (Å²) < 4.78 is 7.40. The van der Waals surface area contributed by atoms with E-state index in [1.807, 2.05) is 41.8 Å². The van der Waals surface area contributed by atoms with Crippen LogP contribution in [0.25, 0.3) is 11.6 Å². The van der Waals surface area contributed by atoms with E-state index in [1.54, 1.807) is 6.26 Å². The predicted molar refractivity (Wildman–Crippen MR) is 124 cm³/mol. The van der Waals surface area contributed by atoms with Crippen LogP contribution in [-0.2, 0) is 11.3 Å². The summed E-state index contributed by atoms with van der Waals surface area (Å²) in [6, 6.07) is 11.7. The average molecular weight is 441 g/mol. The van der Waals surface area contributed by atoms with E-state index in [0.717, 1.165) is 44.1 Å². The summed E-state index contributed by atoms with van der Waals surface area (Å²) in [5, 5.41) is 12.3. The van der Waals surface area contributed by atoms with Crippen molar-refractivity contribution in [2.45, 2.75) is 25.5 Å². The molecule has 1 N–H and O–H groups in total. The van der Waals surface area contributed by atoms with E-state index in [1.165, 1.54) is 11.8 Å². The van der Waals surface area contributed by atoms with Gasteiger partial charge >= 0.3 is 0 Å². The highest BCUT2D eigenvalue weighted by Gasteiger charge is 2.20. The highest BCUT2D eigenvalue weighted by atomic mass is 32.2. The smallest absolute Gasteiger partial charge is 0.234 e. The van der Waals surface area contributed by atoms with Gasteiger partial charge in [-0.05, 0) is 37.7 Å². The van der Waals surface area contributed by atoms with Crippen LogP contribution < -0.4 is 10.2 Å². The van der Waals surface area contributed by atoms with Crippen molar-refractivity contribution in [3.05, 3.63) is 42.7 Å². The quantitative estimate of drug-likeness (QED) is 0.538. The molecule has 1 saturated heterocycles. The maximum atomic E-state index is 12.7. The van der Waals surface area contributed by atoms with Crippen LogP contribution in [-0.4, -0.2) is 64.0 Å².